The molecule has 0 aromatic rings. The SMILES string of the molecule is N#CCN1CCC2CC21. The van der Waals surface area contributed by atoms with Gasteiger partial charge in [0.1, 0.15) is 0 Å². The van der Waals surface area contributed by atoms with Crippen LogP contribution in [0.1, 0.15) is 12.8 Å². The van der Waals surface area contributed by atoms with Crippen LogP contribution in [0.2, 0.25) is 0 Å². The first-order valence-electron chi connectivity index (χ1n) is 3.53. The molecular formula is C7H10N2. The second kappa shape index (κ2) is 1.71. The van der Waals surface area contributed by atoms with E-state index < -0.39 is 0 Å². The molecule has 48 valence electrons. The van der Waals surface area contributed by atoms with Crippen LogP contribution >= 0.6 is 0 Å². The van der Waals surface area contributed by atoms with Crippen LogP contribution in [-0.4, -0.2) is 24.0 Å². The molecule has 0 aromatic carbocycles. The van der Waals surface area contributed by atoms with Gasteiger partial charge < -0.3 is 0 Å². The van der Waals surface area contributed by atoms with Crippen molar-refractivity contribution >= 4 is 0 Å². The smallest absolute Gasteiger partial charge is 0.0868 e. The Morgan fingerprint density at radius 3 is 3.00 bits per heavy atom. The van der Waals surface area contributed by atoms with Crippen molar-refractivity contribution in [3.63, 3.8) is 0 Å². The fourth-order valence-electron chi connectivity index (χ4n) is 1.77. The lowest BCUT2D eigenvalue weighted by Gasteiger charge is -2.10. The van der Waals surface area contributed by atoms with Crippen LogP contribution in [0, 0.1) is 17.2 Å². The lowest BCUT2D eigenvalue weighted by Crippen LogP contribution is -2.23. The summed E-state index contributed by atoms with van der Waals surface area (Å²) in [6.07, 6.45) is 2.70. The third-order valence-electron chi connectivity index (χ3n) is 2.42. The molecule has 1 saturated carbocycles. The Morgan fingerprint density at radius 2 is 2.56 bits per heavy atom. The monoisotopic (exact) mass is 122 g/mol. The highest BCUT2D eigenvalue weighted by Gasteiger charge is 2.46. The summed E-state index contributed by atoms with van der Waals surface area (Å²) >= 11 is 0. The summed E-state index contributed by atoms with van der Waals surface area (Å²) in [4.78, 5) is 2.30. The van der Waals surface area contributed by atoms with Gasteiger partial charge in [0.2, 0.25) is 0 Å². The molecule has 2 rings (SSSR count). The predicted molar refractivity (Wildman–Crippen MR) is 33.7 cm³/mol. The average Bonchev–Trinajstić information content (AvgIpc) is 2.54. The molecule has 2 nitrogen and oxygen atoms in total. The van der Waals surface area contributed by atoms with Crippen LogP contribution in [0.3, 0.4) is 0 Å². The van der Waals surface area contributed by atoms with E-state index in [1.165, 1.54) is 19.4 Å². The number of nitriles is 1. The maximum Gasteiger partial charge on any atom is 0.0868 e. The molecule has 2 heteroatoms. The van der Waals surface area contributed by atoms with Crippen LogP contribution in [0.25, 0.3) is 0 Å². The maximum atomic E-state index is 8.37. The van der Waals surface area contributed by atoms with Crippen LogP contribution in [0.4, 0.5) is 0 Å². The lowest BCUT2D eigenvalue weighted by molar-refractivity contribution is 0.337. The Balaban J connectivity index is 1.92. The van der Waals surface area contributed by atoms with Crippen molar-refractivity contribution in [2.45, 2.75) is 18.9 Å². The van der Waals surface area contributed by atoms with Crippen LogP contribution in [0.15, 0.2) is 0 Å². The van der Waals surface area contributed by atoms with Crippen LogP contribution < -0.4 is 0 Å². The molecule has 2 aliphatic rings. The molecule has 0 aromatic heterocycles. The van der Waals surface area contributed by atoms with Gasteiger partial charge in [0, 0.05) is 6.04 Å². The first kappa shape index (κ1) is 5.25. The highest BCUT2D eigenvalue weighted by atomic mass is 15.2. The third kappa shape index (κ3) is 0.727. The molecule has 2 fully saturated rings. The normalized spacial score (nSPS) is 39.9. The minimum atomic E-state index is 0.654. The standard InChI is InChI=1S/C7H10N2/c8-2-4-9-3-1-6-5-7(6)9/h6-7H,1,3-5H2. The largest absolute Gasteiger partial charge is 0.287 e. The molecule has 0 spiro atoms. The Hall–Kier alpha value is -0.550. The number of nitrogens with zero attached hydrogens (tertiary/aromatic N) is 2. The molecule has 1 aliphatic heterocycles. The number of hydrogen-bond acceptors (Lipinski definition) is 2. The number of piperidine rings is 1. The summed E-state index contributed by atoms with van der Waals surface area (Å²) in [7, 11) is 0. The Morgan fingerprint density at radius 1 is 1.67 bits per heavy atom. The highest BCUT2D eigenvalue weighted by Crippen LogP contribution is 2.43. The van der Waals surface area contributed by atoms with Gasteiger partial charge in [0.25, 0.3) is 0 Å². The topological polar surface area (TPSA) is 27.0 Å². The molecule has 2 unspecified atom stereocenters. The Labute approximate surface area is 55.1 Å². The molecule has 0 amide bonds. The van der Waals surface area contributed by atoms with Gasteiger partial charge >= 0.3 is 0 Å². The first-order chi connectivity index (χ1) is 4.42. The molecule has 2 atom stereocenters. The van der Waals surface area contributed by atoms with Crippen molar-refractivity contribution in [2.75, 3.05) is 13.1 Å². The van der Waals surface area contributed by atoms with E-state index in [4.69, 9.17) is 5.26 Å². The van der Waals surface area contributed by atoms with E-state index >= 15 is 0 Å². The van der Waals surface area contributed by atoms with E-state index in [-0.39, 0.29) is 0 Å². The Bertz CT molecular complexity index is 159. The molecule has 1 aliphatic carbocycles. The maximum absolute atomic E-state index is 8.37. The van der Waals surface area contributed by atoms with Crippen LogP contribution in [0.5, 0.6) is 0 Å². The molecule has 0 radical (unpaired) electrons. The predicted octanol–water partition coefficient (Wildman–Crippen LogP) is 0.604. The molecule has 1 heterocycles. The molecule has 0 bridgehead atoms. The summed E-state index contributed by atoms with van der Waals surface area (Å²) in [6.45, 7) is 1.82. The minimum absolute atomic E-state index is 0.654. The Kier molecular flexibility index (Phi) is 1.000. The van der Waals surface area contributed by atoms with Crippen molar-refractivity contribution in [2.24, 2.45) is 5.92 Å². The van der Waals surface area contributed by atoms with E-state index in [1.54, 1.807) is 0 Å². The molecule has 9 heavy (non-hydrogen) atoms. The minimum Gasteiger partial charge on any atom is -0.287 e. The number of hydrogen-bond donors (Lipinski definition) is 0. The summed E-state index contributed by atoms with van der Waals surface area (Å²) in [5.41, 5.74) is 0. The summed E-state index contributed by atoms with van der Waals surface area (Å²) in [6, 6.07) is 3.00. The molecular weight excluding hydrogens is 112 g/mol. The molecule has 1 saturated heterocycles. The number of rotatable bonds is 1. The first-order valence-corrected chi connectivity index (χ1v) is 3.53. The van der Waals surface area contributed by atoms with E-state index in [1.807, 2.05) is 0 Å². The van der Waals surface area contributed by atoms with Gasteiger partial charge in [-0.05, 0) is 25.3 Å². The van der Waals surface area contributed by atoms with Gasteiger partial charge in [-0.25, -0.2) is 0 Å². The highest BCUT2D eigenvalue weighted by molar-refractivity contribution is 5.02. The van der Waals surface area contributed by atoms with Crippen LogP contribution in [-0.2, 0) is 0 Å². The molecule has 0 N–H and O–H groups in total. The van der Waals surface area contributed by atoms with Crippen molar-refractivity contribution in [1.29, 1.82) is 5.26 Å². The summed E-state index contributed by atoms with van der Waals surface area (Å²) < 4.78 is 0. The number of fused-ring (bicyclic) bond motifs is 1. The summed E-state index contributed by atoms with van der Waals surface area (Å²) in [5.74, 6) is 0.971. The average molecular weight is 122 g/mol. The van der Waals surface area contributed by atoms with Gasteiger partial charge in [-0.15, -0.1) is 0 Å². The van der Waals surface area contributed by atoms with E-state index in [2.05, 4.69) is 11.0 Å². The zero-order chi connectivity index (χ0) is 6.27. The van der Waals surface area contributed by atoms with Gasteiger partial charge in [-0.2, -0.15) is 5.26 Å². The van der Waals surface area contributed by atoms with E-state index in [0.717, 1.165) is 12.0 Å². The second-order valence-corrected chi connectivity index (χ2v) is 2.98. The van der Waals surface area contributed by atoms with Crippen molar-refractivity contribution in [1.82, 2.24) is 4.90 Å². The second-order valence-electron chi connectivity index (χ2n) is 2.98. The van der Waals surface area contributed by atoms with Gasteiger partial charge in [-0.3, -0.25) is 4.90 Å². The fraction of sp³-hybridized carbons (Fsp3) is 0.857. The van der Waals surface area contributed by atoms with Crippen molar-refractivity contribution < 1.29 is 0 Å². The van der Waals surface area contributed by atoms with Crippen molar-refractivity contribution in [3.8, 4) is 6.07 Å². The van der Waals surface area contributed by atoms with Gasteiger partial charge in [0.15, 0.2) is 0 Å². The number of likely N-dealkylation sites (tertiary alicyclic amines) is 1. The van der Waals surface area contributed by atoms with E-state index in [9.17, 15) is 0 Å². The zero-order valence-electron chi connectivity index (χ0n) is 5.38. The third-order valence-corrected chi connectivity index (χ3v) is 2.42. The zero-order valence-corrected chi connectivity index (χ0v) is 5.38. The summed E-state index contributed by atoms with van der Waals surface area (Å²) in [5, 5.41) is 8.37. The van der Waals surface area contributed by atoms with E-state index in [0.29, 0.717) is 6.54 Å². The van der Waals surface area contributed by atoms with Gasteiger partial charge in [-0.1, -0.05) is 0 Å². The lowest BCUT2D eigenvalue weighted by atomic mass is 10.3. The van der Waals surface area contributed by atoms with Crippen molar-refractivity contribution in [3.05, 3.63) is 0 Å². The quantitative estimate of drug-likeness (QED) is 0.476. The fourth-order valence-corrected chi connectivity index (χ4v) is 1.77. The van der Waals surface area contributed by atoms with Gasteiger partial charge in [0.05, 0.1) is 12.6 Å².